The van der Waals surface area contributed by atoms with E-state index >= 15 is 0 Å². The number of rotatable bonds is 6. The molecule has 1 aromatic heterocycles. The summed E-state index contributed by atoms with van der Waals surface area (Å²) in [5.41, 5.74) is -0.667. The molecule has 1 saturated heterocycles. The van der Waals surface area contributed by atoms with Gasteiger partial charge < -0.3 is 9.64 Å². The van der Waals surface area contributed by atoms with E-state index in [1.807, 2.05) is 29.2 Å². The molecular weight excluding hydrogens is 356 g/mol. The van der Waals surface area contributed by atoms with Gasteiger partial charge in [-0.25, -0.2) is 4.79 Å². The molecule has 0 amide bonds. The van der Waals surface area contributed by atoms with Gasteiger partial charge in [-0.1, -0.05) is 11.6 Å². The second kappa shape index (κ2) is 8.42. The molecule has 0 radical (unpaired) electrons. The predicted octanol–water partition coefficient (Wildman–Crippen LogP) is 1.32. The minimum absolute atomic E-state index is 0.287. The van der Waals surface area contributed by atoms with Crippen LogP contribution in [0.4, 0.5) is 5.82 Å². The number of aromatic nitrogens is 2. The van der Waals surface area contributed by atoms with E-state index in [1.165, 1.54) is 13.1 Å². The van der Waals surface area contributed by atoms with Gasteiger partial charge in [0.25, 0.3) is 5.56 Å². The first-order chi connectivity index (χ1) is 12.5. The third-order valence-corrected chi connectivity index (χ3v) is 4.80. The van der Waals surface area contributed by atoms with E-state index in [9.17, 15) is 9.59 Å². The Morgan fingerprint density at radius 1 is 1.12 bits per heavy atom. The zero-order chi connectivity index (χ0) is 18.5. The number of H-pyrrole nitrogens is 1. The highest BCUT2D eigenvalue weighted by Crippen LogP contribution is 2.16. The van der Waals surface area contributed by atoms with Crippen LogP contribution in [-0.4, -0.2) is 53.8 Å². The Kier molecular flexibility index (Phi) is 6.00. The van der Waals surface area contributed by atoms with Gasteiger partial charge in [-0.3, -0.25) is 19.2 Å². The van der Waals surface area contributed by atoms with Crippen molar-refractivity contribution in [3.05, 3.63) is 56.2 Å². The minimum atomic E-state index is -0.380. The largest absolute Gasteiger partial charge is 0.494 e. The molecule has 2 aromatic rings. The third kappa shape index (κ3) is 4.68. The van der Waals surface area contributed by atoms with Crippen LogP contribution in [-0.2, 0) is 7.05 Å². The highest BCUT2D eigenvalue weighted by Gasteiger charge is 2.18. The van der Waals surface area contributed by atoms with Crippen molar-refractivity contribution in [3.8, 4) is 5.75 Å². The van der Waals surface area contributed by atoms with Crippen LogP contribution in [0.25, 0.3) is 0 Å². The molecule has 26 heavy (non-hydrogen) atoms. The van der Waals surface area contributed by atoms with Crippen molar-refractivity contribution in [2.24, 2.45) is 7.05 Å². The fourth-order valence-corrected chi connectivity index (χ4v) is 3.06. The summed E-state index contributed by atoms with van der Waals surface area (Å²) in [4.78, 5) is 30.7. The molecule has 1 N–H and O–H groups in total. The number of nitrogens with zero attached hydrogens (tertiary/aromatic N) is 3. The number of ether oxygens (including phenoxy) is 1. The first kappa shape index (κ1) is 18.5. The highest BCUT2D eigenvalue weighted by atomic mass is 35.5. The average molecular weight is 379 g/mol. The van der Waals surface area contributed by atoms with E-state index in [-0.39, 0.29) is 11.2 Å². The summed E-state index contributed by atoms with van der Waals surface area (Å²) in [6.45, 7) is 4.94. The normalized spacial score (nSPS) is 15.2. The number of halogens is 1. The predicted molar refractivity (Wildman–Crippen MR) is 103 cm³/mol. The number of hydrogen-bond acceptors (Lipinski definition) is 5. The third-order valence-electron chi connectivity index (χ3n) is 4.54. The molecule has 0 unspecified atom stereocenters. The zero-order valence-corrected chi connectivity index (χ0v) is 15.5. The molecule has 7 nitrogen and oxygen atoms in total. The minimum Gasteiger partial charge on any atom is -0.494 e. The molecule has 0 spiro atoms. The van der Waals surface area contributed by atoms with Crippen LogP contribution >= 0.6 is 11.6 Å². The molecule has 140 valence electrons. The lowest BCUT2D eigenvalue weighted by molar-refractivity contribution is 0.224. The lowest BCUT2D eigenvalue weighted by Gasteiger charge is -2.35. The van der Waals surface area contributed by atoms with E-state index in [2.05, 4.69) is 9.88 Å². The Bertz CT molecular complexity index is 808. The van der Waals surface area contributed by atoms with Crippen molar-refractivity contribution in [1.29, 1.82) is 0 Å². The molecule has 0 atom stereocenters. The van der Waals surface area contributed by atoms with Gasteiger partial charge in [-0.15, -0.1) is 0 Å². The second-order valence-corrected chi connectivity index (χ2v) is 6.78. The maximum Gasteiger partial charge on any atom is 0.329 e. The summed E-state index contributed by atoms with van der Waals surface area (Å²) in [6, 6.07) is 8.85. The van der Waals surface area contributed by atoms with Crippen molar-refractivity contribution in [1.82, 2.24) is 14.5 Å². The molecule has 3 rings (SSSR count). The first-order valence-corrected chi connectivity index (χ1v) is 9.07. The van der Waals surface area contributed by atoms with Crippen molar-refractivity contribution < 1.29 is 4.74 Å². The van der Waals surface area contributed by atoms with E-state index in [1.54, 1.807) is 0 Å². The lowest BCUT2D eigenvalue weighted by Crippen LogP contribution is -2.48. The van der Waals surface area contributed by atoms with Crippen LogP contribution < -0.4 is 20.9 Å². The molecule has 8 heteroatoms. The maximum absolute atomic E-state index is 11.8. The Labute approximate surface area is 156 Å². The van der Waals surface area contributed by atoms with Gasteiger partial charge in [0.15, 0.2) is 0 Å². The Balaban J connectivity index is 1.42. The molecule has 1 aromatic carbocycles. The molecule has 0 bridgehead atoms. The summed E-state index contributed by atoms with van der Waals surface area (Å²) in [5.74, 6) is 1.43. The van der Waals surface area contributed by atoms with Gasteiger partial charge in [0, 0.05) is 50.9 Å². The maximum atomic E-state index is 11.8. The lowest BCUT2D eigenvalue weighted by atomic mass is 10.3. The monoisotopic (exact) mass is 378 g/mol. The molecule has 2 heterocycles. The number of hydrogen-bond donors (Lipinski definition) is 1. The van der Waals surface area contributed by atoms with Gasteiger partial charge in [0.1, 0.15) is 11.6 Å². The Hall–Kier alpha value is -2.25. The fourth-order valence-electron chi connectivity index (χ4n) is 2.94. The van der Waals surface area contributed by atoms with Gasteiger partial charge in [-0.05, 0) is 30.7 Å². The molecule has 1 aliphatic rings. The van der Waals surface area contributed by atoms with E-state index in [4.69, 9.17) is 16.3 Å². The van der Waals surface area contributed by atoms with Crippen molar-refractivity contribution in [2.75, 3.05) is 44.2 Å². The molecule has 1 fully saturated rings. The SMILES string of the molecule is Cn1c(=O)cc(N2CCN(CCCOc3ccc(Cl)cc3)CC2)[nH]c1=O. The fraction of sp³-hybridized carbons (Fsp3) is 0.444. The number of aromatic amines is 1. The van der Waals surface area contributed by atoms with Crippen LogP contribution in [0.1, 0.15) is 6.42 Å². The van der Waals surface area contributed by atoms with E-state index < -0.39 is 0 Å². The first-order valence-electron chi connectivity index (χ1n) is 8.69. The van der Waals surface area contributed by atoms with Crippen LogP contribution in [0.5, 0.6) is 5.75 Å². The van der Waals surface area contributed by atoms with Crippen LogP contribution in [0.15, 0.2) is 39.9 Å². The van der Waals surface area contributed by atoms with Crippen LogP contribution in [0.3, 0.4) is 0 Å². The van der Waals surface area contributed by atoms with Crippen molar-refractivity contribution >= 4 is 17.4 Å². The molecule has 0 saturated carbocycles. The Morgan fingerprint density at radius 2 is 1.81 bits per heavy atom. The zero-order valence-electron chi connectivity index (χ0n) is 14.8. The standard InChI is InChI=1S/C18H23ClN4O3/c1-21-17(24)13-16(20-18(21)25)23-10-8-22(9-11-23)7-2-12-26-15-5-3-14(19)4-6-15/h3-6,13H,2,7-12H2,1H3,(H,20,25). The van der Waals surface area contributed by atoms with Crippen LogP contribution in [0.2, 0.25) is 5.02 Å². The van der Waals surface area contributed by atoms with Crippen molar-refractivity contribution in [2.45, 2.75) is 6.42 Å². The van der Waals surface area contributed by atoms with Crippen LogP contribution in [0, 0.1) is 0 Å². The molecular formula is C18H23ClN4O3. The molecule has 1 aliphatic heterocycles. The molecule has 0 aliphatic carbocycles. The van der Waals surface area contributed by atoms with Gasteiger partial charge in [-0.2, -0.15) is 0 Å². The average Bonchev–Trinajstić information content (AvgIpc) is 2.65. The summed E-state index contributed by atoms with van der Waals surface area (Å²) in [6.07, 6.45) is 0.936. The summed E-state index contributed by atoms with van der Waals surface area (Å²) < 4.78 is 6.78. The topological polar surface area (TPSA) is 70.6 Å². The second-order valence-electron chi connectivity index (χ2n) is 6.34. The summed E-state index contributed by atoms with van der Waals surface area (Å²) >= 11 is 5.85. The quantitative estimate of drug-likeness (QED) is 0.768. The number of piperazine rings is 1. The number of anilines is 1. The number of benzene rings is 1. The van der Waals surface area contributed by atoms with Gasteiger partial charge in [0.05, 0.1) is 6.61 Å². The van der Waals surface area contributed by atoms with Crippen molar-refractivity contribution in [3.63, 3.8) is 0 Å². The van der Waals surface area contributed by atoms with Gasteiger partial charge >= 0.3 is 5.69 Å². The summed E-state index contributed by atoms with van der Waals surface area (Å²) in [7, 11) is 1.47. The Morgan fingerprint density at radius 3 is 2.46 bits per heavy atom. The smallest absolute Gasteiger partial charge is 0.329 e. The van der Waals surface area contributed by atoms with Gasteiger partial charge in [0.2, 0.25) is 0 Å². The summed E-state index contributed by atoms with van der Waals surface area (Å²) in [5, 5.41) is 0.702. The van der Waals surface area contributed by atoms with E-state index in [0.717, 1.165) is 49.5 Å². The van der Waals surface area contributed by atoms with E-state index in [0.29, 0.717) is 17.4 Å². The highest BCUT2D eigenvalue weighted by molar-refractivity contribution is 6.30. The number of nitrogens with one attached hydrogen (secondary N) is 1.